The SMILES string of the molecule is CC(C)c1c(N)noc1-c1ccc(Br)c(C(F)(F)F)c1. The topological polar surface area (TPSA) is 52.0 Å². The van der Waals surface area contributed by atoms with E-state index in [0.29, 0.717) is 11.1 Å². The third-order valence-electron chi connectivity index (χ3n) is 2.87. The Bertz CT molecular complexity index is 635. The highest BCUT2D eigenvalue weighted by Crippen LogP contribution is 2.39. The van der Waals surface area contributed by atoms with Gasteiger partial charge in [-0.15, -0.1) is 0 Å². The molecule has 108 valence electrons. The van der Waals surface area contributed by atoms with Crippen molar-refractivity contribution in [2.24, 2.45) is 0 Å². The zero-order chi connectivity index (χ0) is 15.1. The minimum atomic E-state index is -4.45. The molecule has 3 nitrogen and oxygen atoms in total. The van der Waals surface area contributed by atoms with E-state index in [4.69, 9.17) is 10.3 Å². The highest BCUT2D eigenvalue weighted by atomic mass is 79.9. The van der Waals surface area contributed by atoms with Gasteiger partial charge in [0.2, 0.25) is 0 Å². The van der Waals surface area contributed by atoms with E-state index < -0.39 is 11.7 Å². The van der Waals surface area contributed by atoms with Gasteiger partial charge in [0.05, 0.1) is 5.56 Å². The van der Waals surface area contributed by atoms with Gasteiger partial charge in [0.25, 0.3) is 0 Å². The quantitative estimate of drug-likeness (QED) is 0.845. The Kier molecular flexibility index (Phi) is 3.82. The molecule has 0 aliphatic carbocycles. The Balaban J connectivity index is 2.60. The van der Waals surface area contributed by atoms with Gasteiger partial charge in [-0.05, 0) is 24.1 Å². The van der Waals surface area contributed by atoms with Gasteiger partial charge in [0, 0.05) is 15.6 Å². The minimum Gasteiger partial charge on any atom is -0.381 e. The molecule has 2 aromatic rings. The molecule has 1 aromatic heterocycles. The summed E-state index contributed by atoms with van der Waals surface area (Å²) in [5, 5.41) is 3.64. The highest BCUT2D eigenvalue weighted by Gasteiger charge is 2.34. The summed E-state index contributed by atoms with van der Waals surface area (Å²) in [4.78, 5) is 0. The van der Waals surface area contributed by atoms with Crippen LogP contribution >= 0.6 is 15.9 Å². The van der Waals surface area contributed by atoms with Crippen molar-refractivity contribution in [2.45, 2.75) is 25.9 Å². The Morgan fingerprint density at radius 2 is 1.95 bits per heavy atom. The number of halogens is 4. The van der Waals surface area contributed by atoms with E-state index >= 15 is 0 Å². The van der Waals surface area contributed by atoms with Crippen LogP contribution in [-0.2, 0) is 6.18 Å². The maximum absolute atomic E-state index is 12.9. The maximum Gasteiger partial charge on any atom is 0.417 e. The smallest absolute Gasteiger partial charge is 0.381 e. The van der Waals surface area contributed by atoms with Crippen molar-refractivity contribution in [2.75, 3.05) is 5.73 Å². The number of benzene rings is 1. The van der Waals surface area contributed by atoms with Gasteiger partial charge in [-0.1, -0.05) is 34.9 Å². The van der Waals surface area contributed by atoms with Crippen molar-refractivity contribution < 1.29 is 17.7 Å². The van der Waals surface area contributed by atoms with Crippen LogP contribution < -0.4 is 5.73 Å². The zero-order valence-corrected chi connectivity index (χ0v) is 12.3. The van der Waals surface area contributed by atoms with Gasteiger partial charge in [-0.25, -0.2) is 0 Å². The molecule has 1 aromatic carbocycles. The number of nitrogens with two attached hydrogens (primary N) is 1. The van der Waals surface area contributed by atoms with E-state index in [1.807, 2.05) is 13.8 Å². The average molecular weight is 349 g/mol. The fraction of sp³-hybridized carbons (Fsp3) is 0.308. The molecule has 0 saturated heterocycles. The van der Waals surface area contributed by atoms with Gasteiger partial charge in [-0.3, -0.25) is 0 Å². The lowest BCUT2D eigenvalue weighted by Crippen LogP contribution is -2.06. The van der Waals surface area contributed by atoms with E-state index in [9.17, 15) is 13.2 Å². The first-order valence-electron chi connectivity index (χ1n) is 5.84. The van der Waals surface area contributed by atoms with Gasteiger partial charge in [0.15, 0.2) is 11.6 Å². The van der Waals surface area contributed by atoms with Crippen LogP contribution in [0, 0.1) is 0 Å². The molecule has 0 unspecified atom stereocenters. The number of alkyl halides is 3. The fourth-order valence-electron chi connectivity index (χ4n) is 1.96. The second-order valence-electron chi connectivity index (χ2n) is 4.66. The van der Waals surface area contributed by atoms with Crippen LogP contribution in [0.25, 0.3) is 11.3 Å². The van der Waals surface area contributed by atoms with Crippen LogP contribution in [-0.4, -0.2) is 5.16 Å². The van der Waals surface area contributed by atoms with Crippen LogP contribution in [0.1, 0.15) is 30.9 Å². The molecule has 0 fully saturated rings. The molecule has 0 amide bonds. The standard InChI is InChI=1S/C13H12BrF3N2O/c1-6(2)10-11(20-19-12(10)18)7-3-4-9(14)8(5-7)13(15,16)17/h3-6H,1-2H3,(H2,18,19). The Labute approximate surface area is 122 Å². The van der Waals surface area contributed by atoms with Gasteiger partial charge < -0.3 is 10.3 Å². The van der Waals surface area contributed by atoms with Crippen molar-refractivity contribution in [3.05, 3.63) is 33.8 Å². The van der Waals surface area contributed by atoms with Crippen molar-refractivity contribution in [3.63, 3.8) is 0 Å². The molecule has 20 heavy (non-hydrogen) atoms. The maximum atomic E-state index is 12.9. The first kappa shape index (κ1) is 14.9. The number of nitrogen functional groups attached to an aromatic ring is 1. The molecule has 2 N–H and O–H groups in total. The lowest BCUT2D eigenvalue weighted by atomic mass is 9.98. The summed E-state index contributed by atoms with van der Waals surface area (Å²) >= 11 is 2.90. The molecule has 0 saturated carbocycles. The summed E-state index contributed by atoms with van der Waals surface area (Å²) in [5.74, 6) is 0.469. The van der Waals surface area contributed by atoms with Crippen LogP contribution in [0.4, 0.5) is 19.0 Å². The minimum absolute atomic E-state index is 0.00534. The summed E-state index contributed by atoms with van der Waals surface area (Å²) in [7, 11) is 0. The number of nitrogens with zero attached hydrogens (tertiary/aromatic N) is 1. The summed E-state index contributed by atoms with van der Waals surface area (Å²) in [5.41, 5.74) is 5.84. The Morgan fingerprint density at radius 1 is 1.30 bits per heavy atom. The number of aromatic nitrogens is 1. The van der Waals surface area contributed by atoms with Crippen LogP contribution in [0.3, 0.4) is 0 Å². The van der Waals surface area contributed by atoms with Crippen LogP contribution in [0.5, 0.6) is 0 Å². The molecule has 0 aliphatic rings. The summed E-state index contributed by atoms with van der Waals surface area (Å²) in [6.07, 6.45) is -4.45. The summed E-state index contributed by atoms with van der Waals surface area (Å²) in [6, 6.07) is 3.89. The van der Waals surface area contributed by atoms with E-state index in [1.165, 1.54) is 12.1 Å². The number of hydrogen-bond acceptors (Lipinski definition) is 3. The number of rotatable bonds is 2. The monoisotopic (exact) mass is 348 g/mol. The molecule has 0 bridgehead atoms. The molecular formula is C13H12BrF3N2O. The molecular weight excluding hydrogens is 337 g/mol. The van der Waals surface area contributed by atoms with Crippen molar-refractivity contribution in [1.82, 2.24) is 5.16 Å². The number of anilines is 1. The first-order chi connectivity index (χ1) is 9.21. The number of hydrogen-bond donors (Lipinski definition) is 1. The zero-order valence-electron chi connectivity index (χ0n) is 10.8. The van der Waals surface area contributed by atoms with Gasteiger partial charge >= 0.3 is 6.18 Å². The normalized spacial score (nSPS) is 12.2. The summed E-state index contributed by atoms with van der Waals surface area (Å²) in [6.45, 7) is 3.74. The van der Waals surface area contributed by atoms with Gasteiger partial charge in [0.1, 0.15) is 0 Å². The molecule has 1 heterocycles. The Morgan fingerprint density at radius 3 is 2.50 bits per heavy atom. The van der Waals surface area contributed by atoms with Crippen LogP contribution in [0.2, 0.25) is 0 Å². The molecule has 7 heteroatoms. The second-order valence-corrected chi connectivity index (χ2v) is 5.51. The Hall–Kier alpha value is -1.50. The third-order valence-corrected chi connectivity index (χ3v) is 3.56. The molecule has 2 rings (SSSR count). The van der Waals surface area contributed by atoms with Crippen LogP contribution in [0.15, 0.2) is 27.2 Å². The fourth-order valence-corrected chi connectivity index (χ4v) is 2.43. The van der Waals surface area contributed by atoms with Gasteiger partial charge in [-0.2, -0.15) is 13.2 Å². The lowest BCUT2D eigenvalue weighted by molar-refractivity contribution is -0.138. The largest absolute Gasteiger partial charge is 0.417 e. The second kappa shape index (κ2) is 5.12. The van der Waals surface area contributed by atoms with Crippen molar-refractivity contribution >= 4 is 21.7 Å². The molecule has 0 radical (unpaired) electrons. The van der Waals surface area contributed by atoms with E-state index in [2.05, 4.69) is 21.1 Å². The first-order valence-corrected chi connectivity index (χ1v) is 6.63. The van der Waals surface area contributed by atoms with E-state index in [1.54, 1.807) is 0 Å². The average Bonchev–Trinajstić information content (AvgIpc) is 2.70. The molecule has 0 atom stereocenters. The third kappa shape index (κ3) is 2.67. The predicted octanol–water partition coefficient (Wildman–Crippen LogP) is 4.83. The molecule has 0 spiro atoms. The van der Waals surface area contributed by atoms with E-state index in [-0.39, 0.29) is 22.0 Å². The predicted molar refractivity (Wildman–Crippen MR) is 73.1 cm³/mol. The van der Waals surface area contributed by atoms with Crippen molar-refractivity contribution in [1.29, 1.82) is 0 Å². The molecule has 0 aliphatic heterocycles. The highest BCUT2D eigenvalue weighted by molar-refractivity contribution is 9.10. The van der Waals surface area contributed by atoms with E-state index in [0.717, 1.165) is 6.07 Å². The van der Waals surface area contributed by atoms with Crippen molar-refractivity contribution in [3.8, 4) is 11.3 Å². The summed E-state index contributed by atoms with van der Waals surface area (Å²) < 4.78 is 43.8. The lowest BCUT2D eigenvalue weighted by Gasteiger charge is -2.11.